The van der Waals surface area contributed by atoms with E-state index in [4.69, 9.17) is 0 Å². The highest BCUT2D eigenvalue weighted by Gasteiger charge is 2.31. The fourth-order valence-corrected chi connectivity index (χ4v) is 1.98. The van der Waals surface area contributed by atoms with Crippen molar-refractivity contribution in [2.45, 2.75) is 51.5 Å². The summed E-state index contributed by atoms with van der Waals surface area (Å²) >= 11 is 0. The molecule has 0 aromatic carbocycles. The summed E-state index contributed by atoms with van der Waals surface area (Å²) in [6, 6.07) is 0. The van der Waals surface area contributed by atoms with Gasteiger partial charge in [-0.3, -0.25) is 9.69 Å². The molecule has 1 rings (SSSR count). The molecule has 82 valence electrons. The first-order chi connectivity index (χ1) is 6.44. The number of nitrogens with zero attached hydrogens (tertiary/aromatic N) is 1. The number of hydrogen-bond donors (Lipinski definition) is 0. The molecular formula is C12H23NO. The van der Waals surface area contributed by atoms with Crippen LogP contribution in [0, 0.1) is 5.92 Å². The average Bonchev–Trinajstić information content (AvgIpc) is 2.56. The zero-order chi connectivity index (χ0) is 10.8. The number of hydrogen-bond acceptors (Lipinski definition) is 2. The van der Waals surface area contributed by atoms with E-state index in [1.807, 2.05) is 32.8 Å². The maximum absolute atomic E-state index is 12.0. The molecule has 0 radical (unpaired) electrons. The molecule has 2 nitrogen and oxygen atoms in total. The van der Waals surface area contributed by atoms with Crippen molar-refractivity contribution in [1.29, 1.82) is 0 Å². The molecule has 0 N–H and O–H groups in total. The minimum absolute atomic E-state index is 0.289. The highest BCUT2D eigenvalue weighted by atomic mass is 16.1. The van der Waals surface area contributed by atoms with Crippen molar-refractivity contribution in [3.05, 3.63) is 0 Å². The number of carbonyl (C=O) groups excluding carboxylic acids is 1. The van der Waals surface area contributed by atoms with Gasteiger partial charge in [0.2, 0.25) is 0 Å². The highest BCUT2D eigenvalue weighted by Crippen LogP contribution is 2.29. The minimum atomic E-state index is -0.289. The van der Waals surface area contributed by atoms with Crippen molar-refractivity contribution >= 4 is 5.78 Å². The van der Waals surface area contributed by atoms with Crippen LogP contribution in [0.15, 0.2) is 0 Å². The van der Waals surface area contributed by atoms with Gasteiger partial charge >= 0.3 is 0 Å². The molecule has 1 aliphatic carbocycles. The van der Waals surface area contributed by atoms with E-state index in [9.17, 15) is 4.79 Å². The topological polar surface area (TPSA) is 20.3 Å². The van der Waals surface area contributed by atoms with Crippen LogP contribution in [-0.4, -0.2) is 30.3 Å². The predicted octanol–water partition coefficient (Wildman–Crippen LogP) is 2.48. The fourth-order valence-electron chi connectivity index (χ4n) is 1.98. The molecule has 0 amide bonds. The molecule has 2 heteroatoms. The number of likely N-dealkylation sites (N-methyl/N-ethyl adjacent to an activating group) is 1. The van der Waals surface area contributed by atoms with E-state index in [0.717, 1.165) is 6.42 Å². The standard InChI is InChI=1S/C12H23NO/c1-12(2,13(3)4)11(14)9-10-7-5-6-8-10/h10H,5-9H2,1-4H3. The third kappa shape index (κ3) is 2.57. The van der Waals surface area contributed by atoms with Gasteiger partial charge in [0.1, 0.15) is 0 Å². The van der Waals surface area contributed by atoms with Crippen LogP contribution in [0.4, 0.5) is 0 Å². The minimum Gasteiger partial charge on any atom is -0.298 e. The van der Waals surface area contributed by atoms with E-state index in [1.54, 1.807) is 0 Å². The molecule has 0 heterocycles. The lowest BCUT2D eigenvalue weighted by Gasteiger charge is -2.31. The largest absolute Gasteiger partial charge is 0.298 e. The van der Waals surface area contributed by atoms with Crippen LogP contribution < -0.4 is 0 Å². The van der Waals surface area contributed by atoms with Gasteiger partial charge < -0.3 is 0 Å². The quantitative estimate of drug-likeness (QED) is 0.690. The second-order valence-electron chi connectivity index (χ2n) is 5.23. The Morgan fingerprint density at radius 3 is 2.21 bits per heavy atom. The van der Waals surface area contributed by atoms with Crippen LogP contribution in [0.3, 0.4) is 0 Å². The SMILES string of the molecule is CN(C)C(C)(C)C(=O)CC1CCCC1. The summed E-state index contributed by atoms with van der Waals surface area (Å²) in [6.45, 7) is 4.04. The Bertz CT molecular complexity index is 202. The van der Waals surface area contributed by atoms with E-state index >= 15 is 0 Å². The summed E-state index contributed by atoms with van der Waals surface area (Å²) in [7, 11) is 3.96. The Morgan fingerprint density at radius 1 is 1.29 bits per heavy atom. The first-order valence-electron chi connectivity index (χ1n) is 5.65. The lowest BCUT2D eigenvalue weighted by atomic mass is 9.89. The van der Waals surface area contributed by atoms with Crippen LogP contribution >= 0.6 is 0 Å². The third-order valence-electron chi connectivity index (χ3n) is 3.75. The summed E-state index contributed by atoms with van der Waals surface area (Å²) in [5.41, 5.74) is -0.289. The zero-order valence-electron chi connectivity index (χ0n) is 9.97. The van der Waals surface area contributed by atoms with Gasteiger partial charge in [0, 0.05) is 6.42 Å². The normalized spacial score (nSPS) is 19.2. The van der Waals surface area contributed by atoms with E-state index in [2.05, 4.69) is 0 Å². The molecule has 0 aliphatic heterocycles. The van der Waals surface area contributed by atoms with Crippen LogP contribution in [0.5, 0.6) is 0 Å². The maximum atomic E-state index is 12.0. The molecule has 0 unspecified atom stereocenters. The van der Waals surface area contributed by atoms with Crippen molar-refractivity contribution in [2.24, 2.45) is 5.92 Å². The maximum Gasteiger partial charge on any atom is 0.152 e. The summed E-state index contributed by atoms with van der Waals surface area (Å²) in [5.74, 6) is 1.07. The molecule has 0 atom stereocenters. The summed E-state index contributed by atoms with van der Waals surface area (Å²) < 4.78 is 0. The van der Waals surface area contributed by atoms with Gasteiger partial charge in [-0.1, -0.05) is 25.7 Å². The molecule has 14 heavy (non-hydrogen) atoms. The first-order valence-corrected chi connectivity index (χ1v) is 5.65. The van der Waals surface area contributed by atoms with E-state index < -0.39 is 0 Å². The van der Waals surface area contributed by atoms with Crippen molar-refractivity contribution in [2.75, 3.05) is 14.1 Å². The second kappa shape index (κ2) is 4.43. The molecule has 0 bridgehead atoms. The van der Waals surface area contributed by atoms with Crippen molar-refractivity contribution in [3.8, 4) is 0 Å². The molecule has 0 aromatic rings. The Kier molecular flexibility index (Phi) is 3.71. The monoisotopic (exact) mass is 197 g/mol. The lowest BCUT2D eigenvalue weighted by Crippen LogP contribution is -2.46. The lowest BCUT2D eigenvalue weighted by molar-refractivity contribution is -0.128. The van der Waals surface area contributed by atoms with Gasteiger partial charge in [-0.2, -0.15) is 0 Å². The van der Waals surface area contributed by atoms with Crippen LogP contribution in [0.1, 0.15) is 46.0 Å². The van der Waals surface area contributed by atoms with Gasteiger partial charge in [0.05, 0.1) is 5.54 Å². The van der Waals surface area contributed by atoms with E-state index in [1.165, 1.54) is 25.7 Å². The summed E-state index contributed by atoms with van der Waals surface area (Å²) in [6.07, 6.45) is 5.94. The average molecular weight is 197 g/mol. The van der Waals surface area contributed by atoms with Gasteiger partial charge in [0.25, 0.3) is 0 Å². The zero-order valence-corrected chi connectivity index (χ0v) is 9.97. The molecule has 1 fully saturated rings. The van der Waals surface area contributed by atoms with Crippen LogP contribution in [0.25, 0.3) is 0 Å². The highest BCUT2D eigenvalue weighted by molar-refractivity contribution is 5.87. The molecule has 1 saturated carbocycles. The molecular weight excluding hydrogens is 174 g/mol. The van der Waals surface area contributed by atoms with Gasteiger partial charge in [0.15, 0.2) is 5.78 Å². The predicted molar refractivity (Wildman–Crippen MR) is 59.3 cm³/mol. The summed E-state index contributed by atoms with van der Waals surface area (Å²) in [5, 5.41) is 0. The van der Waals surface area contributed by atoms with E-state index in [-0.39, 0.29) is 5.54 Å². The number of rotatable bonds is 4. The second-order valence-corrected chi connectivity index (χ2v) is 5.23. The van der Waals surface area contributed by atoms with Crippen molar-refractivity contribution in [3.63, 3.8) is 0 Å². The third-order valence-corrected chi connectivity index (χ3v) is 3.75. The van der Waals surface area contributed by atoms with E-state index in [0.29, 0.717) is 11.7 Å². The Labute approximate surface area is 87.7 Å². The number of Topliss-reactive ketones (excluding diaryl/α,β-unsaturated/α-hetero) is 1. The molecule has 0 aromatic heterocycles. The van der Waals surface area contributed by atoms with Crippen molar-refractivity contribution in [1.82, 2.24) is 4.90 Å². The Hall–Kier alpha value is -0.370. The first kappa shape index (κ1) is 11.7. The molecule has 1 aliphatic rings. The Balaban J connectivity index is 2.48. The number of ketones is 1. The van der Waals surface area contributed by atoms with Gasteiger partial charge in [-0.15, -0.1) is 0 Å². The van der Waals surface area contributed by atoms with Crippen LogP contribution in [0.2, 0.25) is 0 Å². The fraction of sp³-hybridized carbons (Fsp3) is 0.917. The van der Waals surface area contributed by atoms with Gasteiger partial charge in [-0.05, 0) is 33.9 Å². The molecule has 0 spiro atoms. The van der Waals surface area contributed by atoms with Gasteiger partial charge in [-0.25, -0.2) is 0 Å². The Morgan fingerprint density at radius 2 is 1.79 bits per heavy atom. The molecule has 0 saturated heterocycles. The van der Waals surface area contributed by atoms with Crippen molar-refractivity contribution < 1.29 is 4.79 Å². The summed E-state index contributed by atoms with van der Waals surface area (Å²) in [4.78, 5) is 14.0. The smallest absolute Gasteiger partial charge is 0.152 e. The van der Waals surface area contributed by atoms with Crippen LogP contribution in [-0.2, 0) is 4.79 Å². The number of carbonyl (C=O) groups is 1.